The average Bonchev–Trinajstić information content (AvgIpc) is 2.95. The number of ether oxygens (including phenoxy) is 2. The van der Waals surface area contributed by atoms with Crippen LogP contribution in [0, 0.1) is 0 Å². The van der Waals surface area contributed by atoms with Gasteiger partial charge in [0.05, 0.1) is 19.6 Å². The molecule has 0 saturated carbocycles. The van der Waals surface area contributed by atoms with Crippen molar-refractivity contribution in [3.05, 3.63) is 107 Å². The van der Waals surface area contributed by atoms with Crippen molar-refractivity contribution in [3.8, 4) is 0 Å². The van der Waals surface area contributed by atoms with Gasteiger partial charge in [-0.05, 0) is 11.1 Å². The molecule has 0 saturated heterocycles. The molecule has 2 amide bonds. The smallest absolute Gasteiger partial charge is 0.407 e. The molecule has 0 unspecified atom stereocenters. The Bertz CT molecular complexity index is 1210. The number of rotatable bonds is 12. The number of esters is 1. The van der Waals surface area contributed by atoms with Crippen LogP contribution >= 0.6 is 0 Å². The van der Waals surface area contributed by atoms with Gasteiger partial charge in [0.1, 0.15) is 12.6 Å². The van der Waals surface area contributed by atoms with Crippen LogP contribution in [-0.2, 0) is 32.1 Å². The molecule has 3 rings (SSSR count). The van der Waals surface area contributed by atoms with Gasteiger partial charge in [-0.3, -0.25) is 9.59 Å². The first-order valence-electron chi connectivity index (χ1n) is 12.0. The highest BCUT2D eigenvalue weighted by Crippen LogP contribution is 2.13. The quantitative estimate of drug-likeness (QED) is 0.248. The number of hydrogen-bond acceptors (Lipinski definition) is 7. The SMILES string of the molecule is COC(=O)[C@H](Cc1ccc(C(=O)c2ccccc2)cc1)NC(=O)C[C@@H](O)CNC(=O)OCc1ccccc1. The second kappa shape index (κ2) is 14.3. The van der Waals surface area contributed by atoms with E-state index in [0.717, 1.165) is 5.56 Å². The molecule has 0 radical (unpaired) electrons. The first-order valence-corrected chi connectivity index (χ1v) is 12.0. The van der Waals surface area contributed by atoms with Gasteiger partial charge in [0, 0.05) is 24.1 Å². The number of nitrogens with one attached hydrogen (secondary N) is 2. The molecule has 2 atom stereocenters. The van der Waals surface area contributed by atoms with Crippen molar-refractivity contribution in [2.45, 2.75) is 31.6 Å². The van der Waals surface area contributed by atoms with Crippen LogP contribution in [0.2, 0.25) is 0 Å². The number of benzene rings is 3. The van der Waals surface area contributed by atoms with Crippen molar-refractivity contribution in [2.75, 3.05) is 13.7 Å². The Morgan fingerprint density at radius 2 is 1.42 bits per heavy atom. The number of ketones is 1. The number of methoxy groups -OCH3 is 1. The predicted molar refractivity (Wildman–Crippen MR) is 139 cm³/mol. The summed E-state index contributed by atoms with van der Waals surface area (Å²) in [5, 5.41) is 15.1. The van der Waals surface area contributed by atoms with Gasteiger partial charge < -0.3 is 25.2 Å². The first kappa shape index (κ1) is 28.1. The molecule has 0 bridgehead atoms. The molecule has 0 aliphatic heterocycles. The van der Waals surface area contributed by atoms with E-state index in [9.17, 15) is 24.3 Å². The molecule has 3 N–H and O–H groups in total. The third-order valence-electron chi connectivity index (χ3n) is 5.63. The molecule has 0 aromatic heterocycles. The van der Waals surface area contributed by atoms with Crippen LogP contribution in [0.1, 0.15) is 33.5 Å². The zero-order valence-electron chi connectivity index (χ0n) is 21.0. The molecular weight excluding hydrogens is 488 g/mol. The first-order chi connectivity index (χ1) is 18.4. The minimum atomic E-state index is -1.19. The highest BCUT2D eigenvalue weighted by atomic mass is 16.5. The van der Waals surface area contributed by atoms with Gasteiger partial charge in [-0.1, -0.05) is 84.9 Å². The molecule has 9 heteroatoms. The Balaban J connectivity index is 1.48. The number of carbonyl (C=O) groups is 4. The summed E-state index contributed by atoms with van der Waals surface area (Å²) in [6, 6.07) is 23.7. The number of aliphatic hydroxyl groups excluding tert-OH is 1. The van der Waals surface area contributed by atoms with E-state index in [1.807, 2.05) is 36.4 Å². The highest BCUT2D eigenvalue weighted by molar-refractivity contribution is 6.08. The fraction of sp³-hybridized carbons (Fsp3) is 0.241. The minimum absolute atomic E-state index is 0.0749. The normalized spacial score (nSPS) is 12.1. The second-order valence-electron chi connectivity index (χ2n) is 8.54. The van der Waals surface area contributed by atoms with Gasteiger partial charge >= 0.3 is 12.1 Å². The van der Waals surface area contributed by atoms with E-state index in [4.69, 9.17) is 9.47 Å². The molecule has 0 aliphatic carbocycles. The summed E-state index contributed by atoms with van der Waals surface area (Å²) < 4.78 is 9.87. The summed E-state index contributed by atoms with van der Waals surface area (Å²) in [4.78, 5) is 49.2. The second-order valence-corrected chi connectivity index (χ2v) is 8.54. The molecule has 3 aromatic carbocycles. The van der Waals surface area contributed by atoms with Crippen LogP contribution in [0.5, 0.6) is 0 Å². The number of amides is 2. The molecule has 0 aliphatic rings. The Labute approximate surface area is 220 Å². The van der Waals surface area contributed by atoms with E-state index >= 15 is 0 Å². The van der Waals surface area contributed by atoms with Gasteiger partial charge in [-0.15, -0.1) is 0 Å². The summed E-state index contributed by atoms with van der Waals surface area (Å²) in [5.41, 5.74) is 2.58. The van der Waals surface area contributed by atoms with Crippen molar-refractivity contribution in [1.29, 1.82) is 0 Å². The van der Waals surface area contributed by atoms with Gasteiger partial charge in [0.25, 0.3) is 0 Å². The Kier molecular flexibility index (Phi) is 10.6. The molecule has 9 nitrogen and oxygen atoms in total. The van der Waals surface area contributed by atoms with Crippen molar-refractivity contribution < 1.29 is 33.8 Å². The van der Waals surface area contributed by atoms with E-state index in [1.165, 1.54) is 7.11 Å². The van der Waals surface area contributed by atoms with Gasteiger partial charge in [0.2, 0.25) is 5.91 Å². The van der Waals surface area contributed by atoms with Crippen LogP contribution in [0.4, 0.5) is 4.79 Å². The molecular formula is C29H30N2O7. The maximum Gasteiger partial charge on any atom is 0.407 e. The number of aliphatic hydroxyl groups is 1. The van der Waals surface area contributed by atoms with Crippen LogP contribution < -0.4 is 10.6 Å². The monoisotopic (exact) mass is 518 g/mol. The third-order valence-corrected chi connectivity index (χ3v) is 5.63. The lowest BCUT2D eigenvalue weighted by Crippen LogP contribution is -2.45. The summed E-state index contributed by atoms with van der Waals surface area (Å²) in [6.07, 6.45) is -2.15. The fourth-order valence-corrected chi connectivity index (χ4v) is 3.63. The van der Waals surface area contributed by atoms with Gasteiger partial charge in [-0.25, -0.2) is 9.59 Å². The van der Waals surface area contributed by atoms with Gasteiger partial charge in [0.15, 0.2) is 5.78 Å². The zero-order chi connectivity index (χ0) is 27.3. The Morgan fingerprint density at radius 3 is 2.05 bits per heavy atom. The van der Waals surface area contributed by atoms with Crippen LogP contribution in [0.3, 0.4) is 0 Å². The molecule has 0 heterocycles. The molecule has 0 spiro atoms. The van der Waals surface area contributed by atoms with E-state index in [1.54, 1.807) is 48.5 Å². The summed E-state index contributed by atoms with van der Waals surface area (Å²) >= 11 is 0. The van der Waals surface area contributed by atoms with Gasteiger partial charge in [-0.2, -0.15) is 0 Å². The maximum atomic E-state index is 12.6. The average molecular weight is 519 g/mol. The van der Waals surface area contributed by atoms with E-state index < -0.39 is 30.1 Å². The summed E-state index contributed by atoms with van der Waals surface area (Å²) in [5.74, 6) is -1.37. The van der Waals surface area contributed by atoms with Crippen LogP contribution in [-0.4, -0.2) is 54.7 Å². The van der Waals surface area contributed by atoms with E-state index in [2.05, 4.69) is 10.6 Å². The number of alkyl carbamates (subject to hydrolysis) is 1. The lowest BCUT2D eigenvalue weighted by atomic mass is 9.99. The standard InChI is InChI=1S/C29H30N2O7/c1-37-28(35)25(16-20-12-14-23(15-13-20)27(34)22-10-6-3-7-11-22)31-26(33)17-24(32)18-30-29(36)38-19-21-8-4-2-5-9-21/h2-15,24-25,32H,16-19H2,1H3,(H,30,36)(H,31,33)/t24-,25+/m1/s1. The Morgan fingerprint density at radius 1 is 0.816 bits per heavy atom. The molecule has 0 fully saturated rings. The third kappa shape index (κ3) is 8.86. The summed E-state index contributed by atoms with van der Waals surface area (Å²) in [6.45, 7) is -0.133. The van der Waals surface area contributed by atoms with Crippen molar-refractivity contribution >= 4 is 23.8 Å². The number of carbonyl (C=O) groups excluding carboxylic acids is 4. The lowest BCUT2D eigenvalue weighted by Gasteiger charge is -2.18. The van der Waals surface area contributed by atoms with Crippen LogP contribution in [0.15, 0.2) is 84.9 Å². The van der Waals surface area contributed by atoms with Crippen molar-refractivity contribution in [3.63, 3.8) is 0 Å². The van der Waals surface area contributed by atoms with E-state index in [0.29, 0.717) is 16.7 Å². The highest BCUT2D eigenvalue weighted by Gasteiger charge is 2.23. The fourth-order valence-electron chi connectivity index (χ4n) is 3.63. The molecule has 38 heavy (non-hydrogen) atoms. The summed E-state index contributed by atoms with van der Waals surface area (Å²) in [7, 11) is 1.21. The molecule has 3 aromatic rings. The largest absolute Gasteiger partial charge is 0.467 e. The number of hydrogen-bond donors (Lipinski definition) is 3. The minimum Gasteiger partial charge on any atom is -0.467 e. The zero-order valence-corrected chi connectivity index (χ0v) is 21.0. The lowest BCUT2D eigenvalue weighted by molar-refractivity contribution is -0.145. The topological polar surface area (TPSA) is 131 Å². The Hall–Kier alpha value is -4.50. The van der Waals surface area contributed by atoms with E-state index in [-0.39, 0.29) is 31.8 Å². The van der Waals surface area contributed by atoms with Crippen molar-refractivity contribution in [1.82, 2.24) is 10.6 Å². The van der Waals surface area contributed by atoms with Crippen LogP contribution in [0.25, 0.3) is 0 Å². The maximum absolute atomic E-state index is 12.6. The molecule has 198 valence electrons. The van der Waals surface area contributed by atoms with Crippen molar-refractivity contribution in [2.24, 2.45) is 0 Å². The predicted octanol–water partition coefficient (Wildman–Crippen LogP) is 2.80.